The highest BCUT2D eigenvalue weighted by Gasteiger charge is 2.48. The summed E-state index contributed by atoms with van der Waals surface area (Å²) in [6.45, 7) is 7.60. The lowest BCUT2D eigenvalue weighted by Crippen LogP contribution is -2.57. The number of amides is 3. The van der Waals surface area contributed by atoms with Gasteiger partial charge in [0.05, 0.1) is 6.04 Å². The number of aryl methyl sites for hydroxylation is 1. The molecule has 0 unspecified atom stereocenters. The Balaban J connectivity index is 1.56. The van der Waals surface area contributed by atoms with E-state index in [1.807, 2.05) is 51.1 Å². The maximum absolute atomic E-state index is 13.8. The summed E-state index contributed by atoms with van der Waals surface area (Å²) in [4.78, 5) is 58.0. The van der Waals surface area contributed by atoms with Gasteiger partial charge in [-0.1, -0.05) is 62.3 Å². The molecule has 3 amide bonds. The Morgan fingerprint density at radius 2 is 1.52 bits per heavy atom. The third-order valence-corrected chi connectivity index (χ3v) is 7.47. The van der Waals surface area contributed by atoms with Gasteiger partial charge in [0.25, 0.3) is 5.91 Å². The van der Waals surface area contributed by atoms with Gasteiger partial charge in [0, 0.05) is 36.2 Å². The van der Waals surface area contributed by atoms with E-state index in [9.17, 15) is 19.2 Å². The van der Waals surface area contributed by atoms with E-state index in [0.29, 0.717) is 17.9 Å². The van der Waals surface area contributed by atoms with E-state index in [2.05, 4.69) is 26.1 Å². The van der Waals surface area contributed by atoms with Gasteiger partial charge < -0.3 is 20.5 Å². The molecule has 3 atom stereocenters. The van der Waals surface area contributed by atoms with Crippen molar-refractivity contribution in [2.75, 3.05) is 0 Å². The Kier molecular flexibility index (Phi) is 9.88. The Morgan fingerprint density at radius 1 is 0.881 bits per heavy atom. The van der Waals surface area contributed by atoms with Crippen LogP contribution in [0.1, 0.15) is 67.5 Å². The quantitative estimate of drug-likeness (QED) is 0.268. The van der Waals surface area contributed by atoms with E-state index >= 15 is 0 Å². The Hall–Kier alpha value is -4.34. The molecule has 1 aliphatic rings. The topological polar surface area (TPSA) is 143 Å². The minimum Gasteiger partial charge on any atom is -0.361 e. The van der Waals surface area contributed by atoms with Gasteiger partial charge in [-0.3, -0.25) is 24.2 Å². The molecular weight excluding hydrogens is 534 g/mol. The molecule has 42 heavy (non-hydrogen) atoms. The number of Topliss-reactive ketones (excluding diaryl/α,β-unsaturated/α-hetero) is 1. The first-order chi connectivity index (χ1) is 20.0. The molecule has 0 spiro atoms. The normalized spacial score (nSPS) is 15.7. The fourth-order valence-corrected chi connectivity index (χ4v) is 4.80. The molecule has 0 saturated heterocycles. The Bertz CT molecular complexity index is 1380. The number of hydrogen-bond donors (Lipinski definition) is 3. The second-order valence-electron chi connectivity index (χ2n) is 11.7. The van der Waals surface area contributed by atoms with Crippen molar-refractivity contribution >= 4 is 23.5 Å². The van der Waals surface area contributed by atoms with Crippen molar-refractivity contribution in [2.24, 2.45) is 11.3 Å². The number of ketones is 1. The third-order valence-electron chi connectivity index (χ3n) is 7.47. The molecule has 0 aliphatic heterocycles. The van der Waals surface area contributed by atoms with Crippen LogP contribution < -0.4 is 16.0 Å². The van der Waals surface area contributed by atoms with E-state index in [1.54, 1.807) is 31.3 Å². The van der Waals surface area contributed by atoms with Gasteiger partial charge in [0.15, 0.2) is 11.5 Å². The average molecular weight is 574 g/mol. The molecule has 10 heteroatoms. The number of aromatic nitrogens is 2. The smallest absolute Gasteiger partial charge is 0.274 e. The van der Waals surface area contributed by atoms with Crippen molar-refractivity contribution in [1.29, 1.82) is 0 Å². The number of carbonyl (C=O) groups is 4. The van der Waals surface area contributed by atoms with Gasteiger partial charge >= 0.3 is 0 Å². The number of rotatable bonds is 14. The van der Waals surface area contributed by atoms with Gasteiger partial charge in [-0.2, -0.15) is 0 Å². The number of nitrogens with zero attached hydrogens (tertiary/aromatic N) is 2. The first kappa shape index (κ1) is 30.6. The zero-order chi connectivity index (χ0) is 30.3. The Labute approximate surface area is 246 Å². The summed E-state index contributed by atoms with van der Waals surface area (Å²) >= 11 is 0. The van der Waals surface area contributed by atoms with Crippen molar-refractivity contribution < 1.29 is 23.7 Å². The molecule has 3 aromatic rings. The summed E-state index contributed by atoms with van der Waals surface area (Å²) in [6.07, 6.45) is 4.00. The van der Waals surface area contributed by atoms with E-state index in [0.717, 1.165) is 18.4 Å². The summed E-state index contributed by atoms with van der Waals surface area (Å²) in [5.74, 6) is -0.945. The van der Waals surface area contributed by atoms with Gasteiger partial charge in [-0.05, 0) is 49.8 Å². The summed E-state index contributed by atoms with van der Waals surface area (Å²) in [7, 11) is 0. The van der Waals surface area contributed by atoms with Crippen molar-refractivity contribution in [3.8, 4) is 0 Å². The van der Waals surface area contributed by atoms with Crippen LogP contribution in [-0.2, 0) is 27.2 Å². The molecule has 222 valence electrons. The second kappa shape index (κ2) is 13.5. The average Bonchev–Trinajstić information content (AvgIpc) is 3.57. The van der Waals surface area contributed by atoms with Gasteiger partial charge in [-0.25, -0.2) is 0 Å². The first-order valence-electron chi connectivity index (χ1n) is 14.4. The van der Waals surface area contributed by atoms with E-state index in [-0.39, 0.29) is 30.2 Å². The molecule has 1 aliphatic carbocycles. The maximum Gasteiger partial charge on any atom is 0.274 e. The van der Waals surface area contributed by atoms with Crippen LogP contribution in [0.15, 0.2) is 65.3 Å². The van der Waals surface area contributed by atoms with Gasteiger partial charge in [0.2, 0.25) is 11.8 Å². The van der Waals surface area contributed by atoms with E-state index in [1.165, 1.54) is 6.07 Å². The minimum atomic E-state index is -1.06. The van der Waals surface area contributed by atoms with Crippen molar-refractivity contribution in [3.63, 3.8) is 0 Å². The van der Waals surface area contributed by atoms with Gasteiger partial charge in [0.1, 0.15) is 17.8 Å². The highest BCUT2D eigenvalue weighted by atomic mass is 16.5. The summed E-state index contributed by atoms with van der Waals surface area (Å²) in [6, 6.07) is 13.4. The van der Waals surface area contributed by atoms with Crippen molar-refractivity contribution in [3.05, 3.63) is 83.5 Å². The van der Waals surface area contributed by atoms with Crippen LogP contribution in [0, 0.1) is 18.3 Å². The van der Waals surface area contributed by atoms with Crippen LogP contribution in [0.2, 0.25) is 0 Å². The molecule has 0 bridgehead atoms. The second-order valence-corrected chi connectivity index (χ2v) is 11.7. The molecule has 2 heterocycles. The van der Waals surface area contributed by atoms with Crippen LogP contribution in [0.4, 0.5) is 0 Å². The summed E-state index contributed by atoms with van der Waals surface area (Å²) < 4.78 is 5.02. The number of nitrogens with one attached hydrogen (secondary N) is 3. The Morgan fingerprint density at radius 3 is 2.10 bits per heavy atom. The number of carbonyl (C=O) groups excluding carboxylic acids is 4. The zero-order valence-corrected chi connectivity index (χ0v) is 24.6. The molecule has 4 rings (SSSR count). The standard InChI is InChI=1S/C32H39N5O5/c1-20(2)16-24(28(38)32(4)13-14-32)34-29(39)25(18-22-10-6-5-7-11-22)35-30(40)26(19-23-12-8-9-15-33-23)36-31(41)27-17-21(3)42-37-27/h5-12,15,17,20,24-26H,13-14,16,18-19H2,1-4H3,(H,34,39)(H,35,40)(H,36,41)/t24-,25-,26-/m0/s1. The van der Waals surface area contributed by atoms with E-state index in [4.69, 9.17) is 4.52 Å². The molecule has 10 nitrogen and oxygen atoms in total. The fraction of sp³-hybridized carbons (Fsp3) is 0.438. The first-order valence-corrected chi connectivity index (χ1v) is 14.4. The lowest BCUT2D eigenvalue weighted by molar-refractivity contribution is -0.133. The number of benzene rings is 1. The monoisotopic (exact) mass is 573 g/mol. The molecular formula is C32H39N5O5. The lowest BCUT2D eigenvalue weighted by Gasteiger charge is -2.27. The van der Waals surface area contributed by atoms with Crippen molar-refractivity contribution in [1.82, 2.24) is 26.1 Å². The van der Waals surface area contributed by atoms with Gasteiger partial charge in [-0.15, -0.1) is 0 Å². The van der Waals surface area contributed by atoms with Crippen LogP contribution in [0.25, 0.3) is 0 Å². The highest BCUT2D eigenvalue weighted by Crippen LogP contribution is 2.47. The van der Waals surface area contributed by atoms with Crippen LogP contribution in [0.3, 0.4) is 0 Å². The van der Waals surface area contributed by atoms with Crippen LogP contribution in [0.5, 0.6) is 0 Å². The predicted molar refractivity (Wildman–Crippen MR) is 156 cm³/mol. The summed E-state index contributed by atoms with van der Waals surface area (Å²) in [5, 5.41) is 12.3. The largest absolute Gasteiger partial charge is 0.361 e. The molecule has 3 N–H and O–H groups in total. The summed E-state index contributed by atoms with van der Waals surface area (Å²) in [5.41, 5.74) is 1.04. The third kappa shape index (κ3) is 8.34. The maximum atomic E-state index is 13.8. The minimum absolute atomic E-state index is 0.0255. The number of hydrogen-bond acceptors (Lipinski definition) is 7. The highest BCUT2D eigenvalue weighted by molar-refractivity contribution is 5.99. The molecule has 1 aromatic carbocycles. The molecule has 1 saturated carbocycles. The molecule has 0 radical (unpaired) electrons. The predicted octanol–water partition coefficient (Wildman–Crippen LogP) is 3.35. The number of pyridine rings is 1. The zero-order valence-electron chi connectivity index (χ0n) is 24.6. The molecule has 1 fully saturated rings. The van der Waals surface area contributed by atoms with E-state index < -0.39 is 41.3 Å². The van der Waals surface area contributed by atoms with Crippen LogP contribution in [-0.4, -0.2) is 51.8 Å². The SMILES string of the molecule is Cc1cc(C(=O)N[C@@H](Cc2ccccn2)C(=O)N[C@@H](Cc2ccccc2)C(=O)N[C@@H](CC(C)C)C(=O)C2(C)CC2)no1. The fourth-order valence-electron chi connectivity index (χ4n) is 4.80. The van der Waals surface area contributed by atoms with Crippen molar-refractivity contribution in [2.45, 2.75) is 77.9 Å². The lowest BCUT2D eigenvalue weighted by atomic mass is 9.91. The van der Waals surface area contributed by atoms with Crippen LogP contribution >= 0.6 is 0 Å². The molecule has 2 aromatic heterocycles.